The lowest BCUT2D eigenvalue weighted by atomic mass is 9.89. The average molecular weight is 273 g/mol. The van der Waals surface area contributed by atoms with E-state index in [9.17, 15) is 9.90 Å². The van der Waals surface area contributed by atoms with E-state index in [1.807, 2.05) is 0 Å². The Morgan fingerprint density at radius 3 is 2.85 bits per heavy atom. The summed E-state index contributed by atoms with van der Waals surface area (Å²) in [5, 5.41) is 9.27. The Morgan fingerprint density at radius 1 is 1.35 bits per heavy atom. The Hall–Kier alpha value is -1.35. The summed E-state index contributed by atoms with van der Waals surface area (Å²) in [5.41, 5.74) is 2.79. The first-order valence-corrected chi connectivity index (χ1v) is 7.70. The van der Waals surface area contributed by atoms with Gasteiger partial charge in [-0.15, -0.1) is 0 Å². The number of aryl methyl sites for hydroxylation is 2. The van der Waals surface area contributed by atoms with Crippen molar-refractivity contribution in [3.8, 4) is 0 Å². The maximum absolute atomic E-state index is 11.3. The molecule has 3 nitrogen and oxygen atoms in total. The first-order chi connectivity index (χ1) is 9.66. The van der Waals surface area contributed by atoms with E-state index >= 15 is 0 Å². The summed E-state index contributed by atoms with van der Waals surface area (Å²) < 4.78 is 0. The van der Waals surface area contributed by atoms with Crippen LogP contribution in [0.25, 0.3) is 0 Å². The summed E-state index contributed by atoms with van der Waals surface area (Å²) in [6.45, 7) is 3.21. The molecule has 2 aliphatic rings. The molecule has 0 aliphatic carbocycles. The fourth-order valence-corrected chi connectivity index (χ4v) is 4.06. The highest BCUT2D eigenvalue weighted by Gasteiger charge is 2.48. The summed E-state index contributed by atoms with van der Waals surface area (Å²) in [7, 11) is 0. The lowest BCUT2D eigenvalue weighted by Gasteiger charge is -2.22. The van der Waals surface area contributed by atoms with Crippen LogP contribution in [0.3, 0.4) is 0 Å². The third-order valence-corrected chi connectivity index (χ3v) is 5.12. The number of carboxylic acid groups (broad SMARTS) is 1. The zero-order valence-electron chi connectivity index (χ0n) is 12.1. The molecule has 2 saturated heterocycles. The molecule has 0 spiro atoms. The lowest BCUT2D eigenvalue weighted by Crippen LogP contribution is -2.33. The van der Waals surface area contributed by atoms with Gasteiger partial charge in [0.15, 0.2) is 0 Å². The van der Waals surface area contributed by atoms with Gasteiger partial charge in [0, 0.05) is 12.1 Å². The molecule has 3 rings (SSSR count). The van der Waals surface area contributed by atoms with Crippen LogP contribution in [-0.2, 0) is 11.2 Å². The average Bonchev–Trinajstić information content (AvgIpc) is 2.98. The Balaban J connectivity index is 1.55. The van der Waals surface area contributed by atoms with Gasteiger partial charge in [0.05, 0.1) is 5.92 Å². The molecule has 1 aromatic carbocycles. The van der Waals surface area contributed by atoms with Crippen molar-refractivity contribution in [1.29, 1.82) is 0 Å². The molecular formula is C17H23NO2. The van der Waals surface area contributed by atoms with E-state index in [0.717, 1.165) is 32.2 Å². The van der Waals surface area contributed by atoms with Gasteiger partial charge >= 0.3 is 5.97 Å². The number of fused-ring (bicyclic) bond motifs is 2. The fraction of sp³-hybridized carbons (Fsp3) is 0.588. The van der Waals surface area contributed by atoms with Crippen molar-refractivity contribution in [2.75, 3.05) is 6.54 Å². The van der Waals surface area contributed by atoms with Crippen LogP contribution in [-0.4, -0.2) is 34.6 Å². The third kappa shape index (κ3) is 2.47. The van der Waals surface area contributed by atoms with E-state index < -0.39 is 5.97 Å². The molecule has 2 heterocycles. The van der Waals surface area contributed by atoms with Gasteiger partial charge < -0.3 is 5.11 Å². The highest BCUT2D eigenvalue weighted by molar-refractivity contribution is 5.71. The molecule has 2 aliphatic heterocycles. The normalized spacial score (nSPS) is 28.9. The second-order valence-electron chi connectivity index (χ2n) is 6.25. The van der Waals surface area contributed by atoms with Crippen molar-refractivity contribution in [2.24, 2.45) is 5.92 Å². The third-order valence-electron chi connectivity index (χ3n) is 5.12. The first-order valence-electron chi connectivity index (χ1n) is 7.70. The SMILES string of the molecule is Cc1ccccc1CCCN1C2CCC1C(C(=O)O)C2. The van der Waals surface area contributed by atoms with Gasteiger partial charge in [-0.2, -0.15) is 0 Å². The zero-order valence-corrected chi connectivity index (χ0v) is 12.1. The molecule has 3 heteroatoms. The predicted molar refractivity (Wildman–Crippen MR) is 78.8 cm³/mol. The highest BCUT2D eigenvalue weighted by Crippen LogP contribution is 2.41. The van der Waals surface area contributed by atoms with Crippen molar-refractivity contribution in [3.05, 3.63) is 35.4 Å². The Kier molecular flexibility index (Phi) is 3.79. The maximum atomic E-state index is 11.3. The van der Waals surface area contributed by atoms with E-state index in [1.165, 1.54) is 17.5 Å². The second-order valence-corrected chi connectivity index (χ2v) is 6.25. The first kappa shape index (κ1) is 13.6. The van der Waals surface area contributed by atoms with Crippen LogP contribution in [0.2, 0.25) is 0 Å². The standard InChI is InChI=1S/C17H23NO2/c1-12-5-2-3-6-13(12)7-4-10-18-14-8-9-16(18)15(11-14)17(19)20/h2-3,5-6,14-16H,4,7-11H2,1H3,(H,19,20). The van der Waals surface area contributed by atoms with Gasteiger partial charge in [-0.3, -0.25) is 9.69 Å². The van der Waals surface area contributed by atoms with Gasteiger partial charge in [0.1, 0.15) is 0 Å². The lowest BCUT2D eigenvalue weighted by molar-refractivity contribution is -0.142. The number of hydrogen-bond donors (Lipinski definition) is 1. The van der Waals surface area contributed by atoms with Crippen LogP contribution in [0.4, 0.5) is 0 Å². The Labute approximate surface area is 120 Å². The minimum atomic E-state index is -0.596. The van der Waals surface area contributed by atoms with Crippen molar-refractivity contribution in [3.63, 3.8) is 0 Å². The number of aliphatic carboxylic acids is 1. The van der Waals surface area contributed by atoms with E-state index in [-0.39, 0.29) is 5.92 Å². The molecule has 1 aromatic rings. The molecule has 108 valence electrons. The van der Waals surface area contributed by atoms with Crippen LogP contribution in [0.5, 0.6) is 0 Å². The molecule has 20 heavy (non-hydrogen) atoms. The van der Waals surface area contributed by atoms with E-state index in [1.54, 1.807) is 0 Å². The number of rotatable bonds is 5. The molecule has 0 amide bonds. The zero-order chi connectivity index (χ0) is 14.1. The monoisotopic (exact) mass is 273 g/mol. The second kappa shape index (κ2) is 5.57. The van der Waals surface area contributed by atoms with Gasteiger partial charge in [-0.25, -0.2) is 0 Å². The molecule has 0 aromatic heterocycles. The molecular weight excluding hydrogens is 250 g/mol. The summed E-state index contributed by atoms with van der Waals surface area (Å²) >= 11 is 0. The minimum Gasteiger partial charge on any atom is -0.481 e. The van der Waals surface area contributed by atoms with Crippen LogP contribution in [0, 0.1) is 12.8 Å². The van der Waals surface area contributed by atoms with Gasteiger partial charge in [-0.1, -0.05) is 24.3 Å². The topological polar surface area (TPSA) is 40.5 Å². The molecule has 2 bridgehead atoms. The highest BCUT2D eigenvalue weighted by atomic mass is 16.4. The van der Waals surface area contributed by atoms with Crippen LogP contribution in [0.1, 0.15) is 36.8 Å². The van der Waals surface area contributed by atoms with E-state index in [0.29, 0.717) is 12.1 Å². The number of hydrogen-bond acceptors (Lipinski definition) is 2. The minimum absolute atomic E-state index is 0.118. The van der Waals surface area contributed by atoms with Gasteiger partial charge in [0.2, 0.25) is 0 Å². The van der Waals surface area contributed by atoms with Crippen LogP contribution >= 0.6 is 0 Å². The van der Waals surface area contributed by atoms with E-state index in [4.69, 9.17) is 0 Å². The maximum Gasteiger partial charge on any atom is 0.308 e. The molecule has 0 radical (unpaired) electrons. The number of carbonyl (C=O) groups is 1. The molecule has 1 N–H and O–H groups in total. The number of nitrogens with zero attached hydrogens (tertiary/aromatic N) is 1. The molecule has 3 atom stereocenters. The van der Waals surface area contributed by atoms with Crippen LogP contribution < -0.4 is 0 Å². The summed E-state index contributed by atoms with van der Waals surface area (Å²) in [5.74, 6) is -0.715. The fourth-order valence-electron chi connectivity index (χ4n) is 4.06. The van der Waals surface area contributed by atoms with Gasteiger partial charge in [0.25, 0.3) is 0 Å². The number of benzene rings is 1. The number of carboxylic acids is 1. The quantitative estimate of drug-likeness (QED) is 0.897. The predicted octanol–water partition coefficient (Wildman–Crippen LogP) is 2.87. The molecule has 2 fully saturated rings. The summed E-state index contributed by atoms with van der Waals surface area (Å²) in [4.78, 5) is 13.7. The molecule has 0 saturated carbocycles. The molecule has 3 unspecified atom stereocenters. The largest absolute Gasteiger partial charge is 0.481 e. The Morgan fingerprint density at radius 2 is 2.15 bits per heavy atom. The van der Waals surface area contributed by atoms with Crippen molar-refractivity contribution < 1.29 is 9.90 Å². The van der Waals surface area contributed by atoms with Crippen molar-refractivity contribution in [2.45, 2.75) is 51.1 Å². The van der Waals surface area contributed by atoms with E-state index in [2.05, 4.69) is 36.1 Å². The Bertz CT molecular complexity index is 500. The summed E-state index contributed by atoms with van der Waals surface area (Å²) in [6, 6.07) is 9.37. The smallest absolute Gasteiger partial charge is 0.308 e. The van der Waals surface area contributed by atoms with Crippen LogP contribution in [0.15, 0.2) is 24.3 Å². The van der Waals surface area contributed by atoms with Crippen molar-refractivity contribution in [1.82, 2.24) is 4.90 Å². The van der Waals surface area contributed by atoms with Gasteiger partial charge in [-0.05, 0) is 56.7 Å². The summed E-state index contributed by atoms with van der Waals surface area (Å²) in [6.07, 6.45) is 5.36. The van der Waals surface area contributed by atoms with Crippen molar-refractivity contribution >= 4 is 5.97 Å².